The van der Waals surface area contributed by atoms with Crippen molar-refractivity contribution in [3.8, 4) is 5.75 Å². The second kappa shape index (κ2) is 6.65. The number of hydrazone groups is 1. The van der Waals surface area contributed by atoms with Crippen LogP contribution in [0.2, 0.25) is 0 Å². The molecule has 0 atom stereocenters. The third-order valence-corrected chi connectivity index (χ3v) is 2.93. The number of aromatic hydroxyl groups is 1. The number of rotatable bonds is 4. The van der Waals surface area contributed by atoms with E-state index in [2.05, 4.69) is 10.5 Å². The van der Waals surface area contributed by atoms with Crippen molar-refractivity contribution < 1.29 is 14.3 Å². The fourth-order valence-electron chi connectivity index (χ4n) is 1.79. The predicted molar refractivity (Wildman–Crippen MR) is 78.8 cm³/mol. The molecule has 21 heavy (non-hydrogen) atoms. The van der Waals surface area contributed by atoms with Crippen LogP contribution in [0.5, 0.6) is 5.75 Å². The van der Waals surface area contributed by atoms with Crippen LogP contribution in [-0.4, -0.2) is 16.7 Å². The van der Waals surface area contributed by atoms with Crippen LogP contribution in [0.3, 0.4) is 0 Å². The quantitative estimate of drug-likeness (QED) is 0.670. The number of carbonyl (C=O) groups excluding carboxylic acids is 1. The number of amides is 1. The lowest BCUT2D eigenvalue weighted by Crippen LogP contribution is -2.19. The molecule has 2 N–H and O–H groups in total. The Morgan fingerprint density at radius 3 is 2.24 bits per heavy atom. The summed E-state index contributed by atoms with van der Waals surface area (Å²) in [5.41, 5.74) is 4.26. The van der Waals surface area contributed by atoms with Crippen molar-refractivity contribution in [2.24, 2.45) is 5.10 Å². The Labute approximate surface area is 121 Å². The molecule has 2 aromatic rings. The molecule has 5 heteroatoms. The van der Waals surface area contributed by atoms with Gasteiger partial charge in [0.2, 0.25) is 0 Å². The first-order valence-electron chi connectivity index (χ1n) is 6.52. The van der Waals surface area contributed by atoms with E-state index in [1.54, 1.807) is 12.1 Å². The van der Waals surface area contributed by atoms with Gasteiger partial charge in [0.25, 0.3) is 5.91 Å². The van der Waals surface area contributed by atoms with Crippen LogP contribution in [-0.2, 0) is 0 Å². The molecule has 0 bridgehead atoms. The Balaban J connectivity index is 2.12. The standard InChI is InChI=1S/C16H15FN2O2/c1-2-15(11-3-7-13(17)8-4-11)18-19-16(21)12-5-9-14(20)10-6-12/h3-10,20H,2H2,1H3,(H,19,21). The predicted octanol–water partition coefficient (Wildman–Crippen LogP) is 3.08. The summed E-state index contributed by atoms with van der Waals surface area (Å²) in [6.07, 6.45) is 0.599. The third kappa shape index (κ3) is 3.89. The van der Waals surface area contributed by atoms with Crippen LogP contribution in [0.4, 0.5) is 4.39 Å². The van der Waals surface area contributed by atoms with Gasteiger partial charge in [0.15, 0.2) is 0 Å². The number of hydrogen-bond acceptors (Lipinski definition) is 3. The van der Waals surface area contributed by atoms with E-state index in [4.69, 9.17) is 0 Å². The summed E-state index contributed by atoms with van der Waals surface area (Å²) in [4.78, 5) is 11.9. The Hall–Kier alpha value is -2.69. The van der Waals surface area contributed by atoms with Crippen molar-refractivity contribution in [2.75, 3.05) is 0 Å². The molecule has 0 heterocycles. The highest BCUT2D eigenvalue weighted by Crippen LogP contribution is 2.10. The molecule has 2 rings (SSSR count). The molecule has 0 aliphatic carbocycles. The summed E-state index contributed by atoms with van der Waals surface area (Å²) in [5.74, 6) is -0.596. The molecule has 0 spiro atoms. The zero-order valence-corrected chi connectivity index (χ0v) is 11.5. The number of phenolic OH excluding ortho intramolecular Hbond substituents is 1. The Morgan fingerprint density at radius 1 is 1.10 bits per heavy atom. The van der Waals surface area contributed by atoms with Gasteiger partial charge in [-0.25, -0.2) is 9.82 Å². The van der Waals surface area contributed by atoms with E-state index in [0.29, 0.717) is 17.7 Å². The summed E-state index contributed by atoms with van der Waals surface area (Å²) in [6.45, 7) is 1.90. The molecule has 0 aliphatic heterocycles. The molecule has 0 aliphatic rings. The Kier molecular flexibility index (Phi) is 4.66. The van der Waals surface area contributed by atoms with Crippen molar-refractivity contribution in [1.82, 2.24) is 5.43 Å². The van der Waals surface area contributed by atoms with E-state index in [1.165, 1.54) is 36.4 Å². The molecule has 0 saturated carbocycles. The average molecular weight is 286 g/mol. The molecule has 2 aromatic carbocycles. The molecule has 4 nitrogen and oxygen atoms in total. The van der Waals surface area contributed by atoms with Crippen molar-refractivity contribution in [2.45, 2.75) is 13.3 Å². The molecule has 0 fully saturated rings. The minimum Gasteiger partial charge on any atom is -0.508 e. The normalized spacial score (nSPS) is 11.2. The zero-order valence-electron chi connectivity index (χ0n) is 11.5. The van der Waals surface area contributed by atoms with Gasteiger partial charge in [-0.15, -0.1) is 0 Å². The number of carbonyl (C=O) groups is 1. The van der Waals surface area contributed by atoms with Crippen LogP contribution >= 0.6 is 0 Å². The number of hydrogen-bond donors (Lipinski definition) is 2. The van der Waals surface area contributed by atoms with E-state index < -0.39 is 0 Å². The summed E-state index contributed by atoms with van der Waals surface area (Å²) in [5, 5.41) is 13.2. The fraction of sp³-hybridized carbons (Fsp3) is 0.125. The second-order valence-electron chi connectivity index (χ2n) is 4.41. The highest BCUT2D eigenvalue weighted by molar-refractivity contribution is 6.02. The van der Waals surface area contributed by atoms with E-state index >= 15 is 0 Å². The molecule has 0 unspecified atom stereocenters. The van der Waals surface area contributed by atoms with Gasteiger partial charge in [0.1, 0.15) is 11.6 Å². The molecule has 0 saturated heterocycles. The topological polar surface area (TPSA) is 61.7 Å². The van der Waals surface area contributed by atoms with Crippen LogP contribution in [0, 0.1) is 5.82 Å². The Bertz CT molecular complexity index is 649. The highest BCUT2D eigenvalue weighted by Gasteiger charge is 2.06. The van der Waals surface area contributed by atoms with Gasteiger partial charge in [-0.2, -0.15) is 5.10 Å². The first-order chi connectivity index (χ1) is 10.1. The molecular formula is C16H15FN2O2. The summed E-state index contributed by atoms with van der Waals surface area (Å²) in [6, 6.07) is 11.8. The minimum absolute atomic E-state index is 0.0932. The number of halogens is 1. The van der Waals surface area contributed by atoms with Crippen molar-refractivity contribution in [3.05, 3.63) is 65.5 Å². The molecule has 0 aromatic heterocycles. The van der Waals surface area contributed by atoms with Gasteiger partial charge < -0.3 is 5.11 Å². The van der Waals surface area contributed by atoms with Gasteiger partial charge in [-0.3, -0.25) is 4.79 Å². The van der Waals surface area contributed by atoms with Crippen molar-refractivity contribution in [1.29, 1.82) is 0 Å². The third-order valence-electron chi connectivity index (χ3n) is 2.93. The van der Waals surface area contributed by atoms with Crippen molar-refractivity contribution in [3.63, 3.8) is 0 Å². The number of benzene rings is 2. The summed E-state index contributed by atoms with van der Waals surface area (Å²) < 4.78 is 12.9. The largest absolute Gasteiger partial charge is 0.508 e. The minimum atomic E-state index is -0.372. The lowest BCUT2D eigenvalue weighted by atomic mass is 10.1. The first-order valence-corrected chi connectivity index (χ1v) is 6.52. The van der Waals surface area contributed by atoms with E-state index in [-0.39, 0.29) is 17.5 Å². The zero-order chi connectivity index (χ0) is 15.2. The van der Waals surface area contributed by atoms with E-state index in [0.717, 1.165) is 5.56 Å². The second-order valence-corrected chi connectivity index (χ2v) is 4.41. The lowest BCUT2D eigenvalue weighted by Gasteiger charge is -2.05. The molecule has 1 amide bonds. The van der Waals surface area contributed by atoms with E-state index in [1.807, 2.05) is 6.92 Å². The highest BCUT2D eigenvalue weighted by atomic mass is 19.1. The molecule has 108 valence electrons. The average Bonchev–Trinajstić information content (AvgIpc) is 2.50. The molecule has 0 radical (unpaired) electrons. The molecular weight excluding hydrogens is 271 g/mol. The monoisotopic (exact) mass is 286 g/mol. The SMILES string of the molecule is CCC(=NNC(=O)c1ccc(O)cc1)c1ccc(F)cc1. The van der Waals surface area contributed by atoms with E-state index in [9.17, 15) is 14.3 Å². The maximum absolute atomic E-state index is 12.9. The maximum atomic E-state index is 12.9. The summed E-state index contributed by atoms with van der Waals surface area (Å²) in [7, 11) is 0. The Morgan fingerprint density at radius 2 is 1.67 bits per heavy atom. The number of nitrogens with zero attached hydrogens (tertiary/aromatic N) is 1. The van der Waals surface area contributed by atoms with Crippen LogP contribution in [0.1, 0.15) is 29.3 Å². The fourth-order valence-corrected chi connectivity index (χ4v) is 1.79. The van der Waals surface area contributed by atoms with Gasteiger partial charge in [-0.05, 0) is 48.4 Å². The number of phenols is 1. The van der Waals surface area contributed by atoms with Gasteiger partial charge in [0.05, 0.1) is 5.71 Å². The van der Waals surface area contributed by atoms with Gasteiger partial charge >= 0.3 is 0 Å². The maximum Gasteiger partial charge on any atom is 0.271 e. The van der Waals surface area contributed by atoms with Crippen LogP contribution in [0.25, 0.3) is 0 Å². The number of nitrogens with one attached hydrogen (secondary N) is 1. The lowest BCUT2D eigenvalue weighted by molar-refractivity contribution is 0.0955. The van der Waals surface area contributed by atoms with Gasteiger partial charge in [-0.1, -0.05) is 19.1 Å². The van der Waals surface area contributed by atoms with Crippen LogP contribution in [0.15, 0.2) is 53.6 Å². The summed E-state index contributed by atoms with van der Waals surface area (Å²) >= 11 is 0. The smallest absolute Gasteiger partial charge is 0.271 e. The van der Waals surface area contributed by atoms with Gasteiger partial charge in [0, 0.05) is 5.56 Å². The van der Waals surface area contributed by atoms with Crippen molar-refractivity contribution >= 4 is 11.6 Å². The van der Waals surface area contributed by atoms with Crippen LogP contribution < -0.4 is 5.43 Å². The first kappa shape index (κ1) is 14.7.